The molecular weight excluding hydrogens is 326 g/mol. The van der Waals surface area contributed by atoms with Crippen LogP contribution in [0.15, 0.2) is 41.3 Å². The lowest BCUT2D eigenvalue weighted by Crippen LogP contribution is -2.27. The Morgan fingerprint density at radius 1 is 1.43 bits per heavy atom. The van der Waals surface area contributed by atoms with Gasteiger partial charge in [-0.3, -0.25) is 9.97 Å². The lowest BCUT2D eigenvalue weighted by atomic mass is 9.91. The van der Waals surface area contributed by atoms with Crippen molar-refractivity contribution in [2.45, 2.75) is 38.1 Å². The van der Waals surface area contributed by atoms with Gasteiger partial charge in [-0.1, -0.05) is 13.0 Å². The molecule has 1 N–H and O–H groups in total. The summed E-state index contributed by atoms with van der Waals surface area (Å²) in [5, 5.41) is 3.69. The molecular formula is C17H20BrN3. The van der Waals surface area contributed by atoms with Crippen LogP contribution in [0.2, 0.25) is 0 Å². The third kappa shape index (κ3) is 3.16. The molecule has 1 aliphatic carbocycles. The maximum Gasteiger partial charge on any atom is 0.0485 e. The predicted octanol–water partition coefficient (Wildman–Crippen LogP) is 4.01. The van der Waals surface area contributed by atoms with Crippen molar-refractivity contribution >= 4 is 15.9 Å². The van der Waals surface area contributed by atoms with Crippen LogP contribution in [-0.2, 0) is 6.42 Å². The van der Waals surface area contributed by atoms with Gasteiger partial charge >= 0.3 is 0 Å². The Hall–Kier alpha value is -1.26. The minimum Gasteiger partial charge on any atom is -0.309 e. The Labute approximate surface area is 134 Å². The molecule has 0 saturated heterocycles. The number of fused-ring (bicyclic) bond motifs is 1. The van der Waals surface area contributed by atoms with Crippen LogP contribution in [0.3, 0.4) is 0 Å². The topological polar surface area (TPSA) is 37.8 Å². The Morgan fingerprint density at radius 2 is 2.33 bits per heavy atom. The van der Waals surface area contributed by atoms with Gasteiger partial charge in [0.05, 0.1) is 0 Å². The summed E-state index contributed by atoms with van der Waals surface area (Å²) in [4.78, 5) is 8.98. The molecule has 2 aromatic heterocycles. The molecule has 2 unspecified atom stereocenters. The van der Waals surface area contributed by atoms with Gasteiger partial charge in [-0.2, -0.15) is 0 Å². The van der Waals surface area contributed by atoms with Crippen molar-refractivity contribution in [3.05, 3.63) is 58.1 Å². The van der Waals surface area contributed by atoms with Gasteiger partial charge in [0, 0.05) is 40.7 Å². The molecule has 0 bridgehead atoms. The summed E-state index contributed by atoms with van der Waals surface area (Å²) < 4.78 is 1.03. The Bertz CT molecular complexity index is 614. The number of halogens is 1. The molecule has 0 radical (unpaired) electrons. The second-order valence-corrected chi connectivity index (χ2v) is 6.48. The van der Waals surface area contributed by atoms with Crippen molar-refractivity contribution in [3.63, 3.8) is 0 Å². The van der Waals surface area contributed by atoms with E-state index in [4.69, 9.17) is 0 Å². The van der Waals surface area contributed by atoms with E-state index >= 15 is 0 Å². The van der Waals surface area contributed by atoms with E-state index in [2.05, 4.69) is 50.3 Å². The first-order valence-electron chi connectivity index (χ1n) is 7.57. The minimum atomic E-state index is 0.283. The number of aromatic nitrogens is 2. The molecule has 21 heavy (non-hydrogen) atoms. The third-order valence-corrected chi connectivity index (χ3v) is 4.54. The molecule has 0 saturated carbocycles. The molecule has 0 fully saturated rings. The number of aryl methyl sites for hydroxylation is 1. The summed E-state index contributed by atoms with van der Waals surface area (Å²) in [6.45, 7) is 3.21. The molecule has 0 amide bonds. The average molecular weight is 346 g/mol. The van der Waals surface area contributed by atoms with Crippen molar-refractivity contribution in [1.29, 1.82) is 0 Å². The highest BCUT2D eigenvalue weighted by Crippen LogP contribution is 2.40. The first-order valence-corrected chi connectivity index (χ1v) is 8.36. The molecule has 2 aromatic rings. The van der Waals surface area contributed by atoms with Gasteiger partial charge in [-0.25, -0.2) is 0 Å². The molecule has 0 spiro atoms. The van der Waals surface area contributed by atoms with Crippen LogP contribution < -0.4 is 5.32 Å². The maximum atomic E-state index is 4.65. The molecule has 3 nitrogen and oxygen atoms in total. The number of nitrogens with one attached hydrogen (secondary N) is 1. The van der Waals surface area contributed by atoms with Gasteiger partial charge in [0.25, 0.3) is 0 Å². The van der Waals surface area contributed by atoms with E-state index in [1.807, 2.05) is 24.7 Å². The lowest BCUT2D eigenvalue weighted by molar-refractivity contribution is 0.436. The number of nitrogens with zero attached hydrogens (tertiary/aromatic N) is 2. The predicted molar refractivity (Wildman–Crippen MR) is 88.3 cm³/mol. The molecule has 2 heterocycles. The quantitative estimate of drug-likeness (QED) is 0.889. The monoisotopic (exact) mass is 345 g/mol. The van der Waals surface area contributed by atoms with Crippen molar-refractivity contribution in [2.24, 2.45) is 0 Å². The fraction of sp³-hybridized carbons (Fsp3) is 0.412. The highest BCUT2D eigenvalue weighted by molar-refractivity contribution is 9.10. The van der Waals surface area contributed by atoms with Crippen molar-refractivity contribution in [1.82, 2.24) is 15.3 Å². The van der Waals surface area contributed by atoms with E-state index in [1.54, 1.807) is 0 Å². The third-order valence-electron chi connectivity index (χ3n) is 4.10. The Balaban J connectivity index is 1.93. The fourth-order valence-electron chi connectivity index (χ4n) is 3.16. The van der Waals surface area contributed by atoms with Gasteiger partial charge in [-0.15, -0.1) is 0 Å². The van der Waals surface area contributed by atoms with Crippen LogP contribution in [0, 0.1) is 0 Å². The summed E-state index contributed by atoms with van der Waals surface area (Å²) in [7, 11) is 0. The van der Waals surface area contributed by atoms with E-state index in [1.165, 1.54) is 16.8 Å². The van der Waals surface area contributed by atoms with Gasteiger partial charge in [0.15, 0.2) is 0 Å². The largest absolute Gasteiger partial charge is 0.309 e. The summed E-state index contributed by atoms with van der Waals surface area (Å²) >= 11 is 3.53. The Kier molecular flexibility index (Phi) is 4.66. The smallest absolute Gasteiger partial charge is 0.0485 e. The summed E-state index contributed by atoms with van der Waals surface area (Å²) in [5.74, 6) is 0.434. The molecule has 4 heteroatoms. The van der Waals surface area contributed by atoms with Crippen LogP contribution >= 0.6 is 15.9 Å². The number of hydrogen-bond acceptors (Lipinski definition) is 3. The highest BCUT2D eigenvalue weighted by Gasteiger charge is 2.31. The second kappa shape index (κ2) is 6.67. The zero-order valence-corrected chi connectivity index (χ0v) is 13.8. The summed E-state index contributed by atoms with van der Waals surface area (Å²) in [6.07, 6.45) is 9.12. The minimum absolute atomic E-state index is 0.283. The standard InChI is InChI=1S/C17H20BrN3/c1-2-7-20-17(13-9-14(18)11-19-10-13)15-6-5-12-4-3-8-21-16(12)15/h3-4,8-11,15,17,20H,2,5-7H2,1H3. The van der Waals surface area contributed by atoms with Crippen molar-refractivity contribution in [3.8, 4) is 0 Å². The van der Waals surface area contributed by atoms with E-state index in [9.17, 15) is 0 Å². The normalized spacial score (nSPS) is 18.5. The van der Waals surface area contributed by atoms with E-state index in [-0.39, 0.29) is 6.04 Å². The number of pyridine rings is 2. The zero-order valence-electron chi connectivity index (χ0n) is 12.2. The van der Waals surface area contributed by atoms with Gasteiger partial charge in [0.2, 0.25) is 0 Å². The van der Waals surface area contributed by atoms with E-state index in [0.717, 1.165) is 30.3 Å². The van der Waals surface area contributed by atoms with Crippen molar-refractivity contribution < 1.29 is 0 Å². The van der Waals surface area contributed by atoms with Crippen molar-refractivity contribution in [2.75, 3.05) is 6.54 Å². The van der Waals surface area contributed by atoms with Crippen LogP contribution in [0.4, 0.5) is 0 Å². The Morgan fingerprint density at radius 3 is 3.14 bits per heavy atom. The molecule has 1 aliphatic rings. The van der Waals surface area contributed by atoms with Crippen LogP contribution in [-0.4, -0.2) is 16.5 Å². The van der Waals surface area contributed by atoms with E-state index in [0.29, 0.717) is 5.92 Å². The fourth-order valence-corrected chi connectivity index (χ4v) is 3.54. The van der Waals surface area contributed by atoms with Crippen LogP contribution in [0.1, 0.15) is 48.5 Å². The van der Waals surface area contributed by atoms with Gasteiger partial charge in [0.1, 0.15) is 0 Å². The van der Waals surface area contributed by atoms with E-state index < -0.39 is 0 Å². The van der Waals surface area contributed by atoms with Gasteiger partial charge in [-0.05, 0) is 65.0 Å². The molecule has 3 rings (SSSR count). The zero-order chi connectivity index (χ0) is 14.7. The highest BCUT2D eigenvalue weighted by atomic mass is 79.9. The summed E-state index contributed by atoms with van der Waals surface area (Å²) in [6, 6.07) is 6.70. The summed E-state index contributed by atoms with van der Waals surface area (Å²) in [5.41, 5.74) is 3.89. The number of hydrogen-bond donors (Lipinski definition) is 1. The maximum absolute atomic E-state index is 4.65. The molecule has 0 aliphatic heterocycles. The number of rotatable bonds is 5. The average Bonchev–Trinajstić information content (AvgIpc) is 2.92. The first kappa shape index (κ1) is 14.7. The van der Waals surface area contributed by atoms with Crippen LogP contribution in [0.25, 0.3) is 0 Å². The van der Waals surface area contributed by atoms with Gasteiger partial charge < -0.3 is 5.32 Å². The first-order chi connectivity index (χ1) is 10.3. The SMILES string of the molecule is CCCNC(c1cncc(Br)c1)C1CCc2cccnc21. The lowest BCUT2D eigenvalue weighted by Gasteiger charge is -2.25. The molecule has 110 valence electrons. The molecule has 2 atom stereocenters. The second-order valence-electron chi connectivity index (χ2n) is 5.56. The van der Waals surface area contributed by atoms with Crippen LogP contribution in [0.5, 0.6) is 0 Å². The molecule has 0 aromatic carbocycles.